The Labute approximate surface area is 204 Å². The van der Waals surface area contributed by atoms with Gasteiger partial charge in [0.05, 0.1) is 22.5 Å². The number of rotatable bonds is 14. The number of hydrogen-bond acceptors (Lipinski definition) is 4. The molecule has 0 aromatic heterocycles. The van der Waals surface area contributed by atoms with Crippen molar-refractivity contribution in [2.24, 2.45) is 0 Å². The first kappa shape index (κ1) is 25.5. The number of carbonyl (C=O) groups excluding carboxylic acids is 2. The van der Waals surface area contributed by atoms with Crippen molar-refractivity contribution in [3.63, 3.8) is 0 Å². The van der Waals surface area contributed by atoms with Crippen LogP contribution in [0.5, 0.6) is 0 Å². The van der Waals surface area contributed by atoms with E-state index in [0.717, 1.165) is 49.7 Å². The third-order valence-electron chi connectivity index (χ3n) is 6.20. The molecule has 0 saturated carbocycles. The third kappa shape index (κ3) is 6.47. The average Bonchev–Trinajstić information content (AvgIpc) is 2.87. The summed E-state index contributed by atoms with van der Waals surface area (Å²) >= 11 is 0. The lowest BCUT2D eigenvalue weighted by Crippen LogP contribution is -2.35. The highest BCUT2D eigenvalue weighted by Gasteiger charge is 2.35. The molecule has 0 spiro atoms. The maximum Gasteiger partial charge on any atom is 0.212 e. The van der Waals surface area contributed by atoms with Crippen molar-refractivity contribution in [2.45, 2.75) is 65.2 Å². The van der Waals surface area contributed by atoms with Crippen LogP contribution >= 0.6 is 0 Å². The topological polar surface area (TPSA) is 58.2 Å². The molecule has 0 aliphatic heterocycles. The molecule has 0 saturated heterocycles. The molecule has 2 N–H and O–H groups in total. The number of hydrogen-bond donors (Lipinski definition) is 2. The van der Waals surface area contributed by atoms with Crippen LogP contribution in [0.3, 0.4) is 0 Å². The van der Waals surface area contributed by atoms with Gasteiger partial charge >= 0.3 is 0 Å². The summed E-state index contributed by atoms with van der Waals surface area (Å²) in [4.78, 5) is 27.9. The summed E-state index contributed by atoms with van der Waals surface area (Å²) in [5.41, 5.74) is 3.32. The molecule has 1 aliphatic carbocycles. The Balaban J connectivity index is 1.99. The molecule has 0 heterocycles. The second-order valence-electron chi connectivity index (χ2n) is 8.87. The highest BCUT2D eigenvalue weighted by molar-refractivity contribution is 6.47. The Morgan fingerprint density at radius 1 is 0.529 bits per heavy atom. The van der Waals surface area contributed by atoms with Gasteiger partial charge in [-0.1, -0.05) is 113 Å². The normalized spacial score (nSPS) is 14.1. The fraction of sp³-hybridized carbons (Fsp3) is 0.400. The fourth-order valence-corrected chi connectivity index (χ4v) is 4.33. The van der Waals surface area contributed by atoms with E-state index in [1.807, 2.05) is 60.7 Å². The van der Waals surface area contributed by atoms with Gasteiger partial charge in [-0.25, -0.2) is 0 Å². The Bertz CT molecular complexity index is 923. The lowest BCUT2D eigenvalue weighted by Gasteiger charge is -2.26. The first-order chi connectivity index (χ1) is 16.7. The van der Waals surface area contributed by atoms with E-state index in [1.165, 1.54) is 12.8 Å². The van der Waals surface area contributed by atoms with Crippen LogP contribution in [0.15, 0.2) is 72.1 Å². The van der Waals surface area contributed by atoms with Gasteiger partial charge in [-0.05, 0) is 24.0 Å². The van der Waals surface area contributed by atoms with Crippen molar-refractivity contribution in [1.29, 1.82) is 0 Å². The highest BCUT2D eigenvalue weighted by Crippen LogP contribution is 2.34. The van der Waals surface area contributed by atoms with Gasteiger partial charge in [0.1, 0.15) is 0 Å². The van der Waals surface area contributed by atoms with E-state index in [0.29, 0.717) is 35.6 Å². The molecule has 0 fully saturated rings. The predicted molar refractivity (Wildman–Crippen MR) is 141 cm³/mol. The molecule has 1 aliphatic rings. The molecule has 0 bridgehead atoms. The molecule has 3 rings (SSSR count). The number of ketones is 2. The summed E-state index contributed by atoms with van der Waals surface area (Å²) in [6.07, 6.45) is 8.78. The van der Waals surface area contributed by atoms with Crippen LogP contribution < -0.4 is 10.6 Å². The number of nitrogens with one attached hydrogen (secondary N) is 2. The smallest absolute Gasteiger partial charge is 0.212 e. The minimum Gasteiger partial charge on any atom is -0.381 e. The lowest BCUT2D eigenvalue weighted by molar-refractivity contribution is -0.114. The van der Waals surface area contributed by atoms with Crippen molar-refractivity contribution >= 4 is 22.7 Å². The lowest BCUT2D eigenvalue weighted by atomic mass is 9.84. The van der Waals surface area contributed by atoms with Crippen molar-refractivity contribution < 1.29 is 9.59 Å². The zero-order valence-corrected chi connectivity index (χ0v) is 20.7. The standard InChI is InChI=1S/C30H38N2O2/c1-3-5-7-15-21-31-27-25(23-17-11-9-12-18-23)30(34)28(32-22-16-8-6-4-2)26(29(27)33)24-19-13-10-14-20-24/h9-14,17-20,31-32H,3-8,15-16,21-22H2,1-2H3. The van der Waals surface area contributed by atoms with Crippen molar-refractivity contribution in [3.05, 3.63) is 83.2 Å². The predicted octanol–water partition coefficient (Wildman–Crippen LogP) is 6.30. The zero-order valence-electron chi connectivity index (χ0n) is 20.7. The Morgan fingerprint density at radius 2 is 0.912 bits per heavy atom. The number of allylic oxidation sites excluding steroid dienone is 2. The average molecular weight is 459 g/mol. The highest BCUT2D eigenvalue weighted by atomic mass is 16.1. The summed E-state index contributed by atoms with van der Waals surface area (Å²) in [6.45, 7) is 5.71. The second kappa shape index (κ2) is 13.5. The Morgan fingerprint density at radius 3 is 1.26 bits per heavy atom. The van der Waals surface area contributed by atoms with Crippen molar-refractivity contribution in [3.8, 4) is 0 Å². The van der Waals surface area contributed by atoms with Crippen LogP contribution in [-0.2, 0) is 9.59 Å². The quantitative estimate of drug-likeness (QED) is 0.258. The molecular formula is C30H38N2O2. The molecule has 2 aromatic carbocycles. The largest absolute Gasteiger partial charge is 0.381 e. The summed E-state index contributed by atoms with van der Waals surface area (Å²) in [6, 6.07) is 19.1. The monoisotopic (exact) mass is 458 g/mol. The van der Waals surface area contributed by atoms with E-state index in [-0.39, 0.29) is 11.6 Å². The van der Waals surface area contributed by atoms with E-state index in [4.69, 9.17) is 0 Å². The molecule has 4 nitrogen and oxygen atoms in total. The first-order valence-corrected chi connectivity index (χ1v) is 12.9. The van der Waals surface area contributed by atoms with Crippen molar-refractivity contribution in [2.75, 3.05) is 13.1 Å². The van der Waals surface area contributed by atoms with E-state index in [1.54, 1.807) is 0 Å². The molecule has 2 aromatic rings. The summed E-state index contributed by atoms with van der Waals surface area (Å²) < 4.78 is 0. The minimum absolute atomic E-state index is 0.115. The molecule has 0 amide bonds. The van der Waals surface area contributed by atoms with E-state index < -0.39 is 0 Å². The second-order valence-corrected chi connectivity index (χ2v) is 8.87. The molecule has 4 heteroatoms. The minimum atomic E-state index is -0.115. The maximum atomic E-state index is 14.0. The van der Waals surface area contributed by atoms with E-state index in [2.05, 4.69) is 24.5 Å². The molecule has 34 heavy (non-hydrogen) atoms. The van der Waals surface area contributed by atoms with Crippen LogP contribution in [0.1, 0.15) is 76.3 Å². The Hall–Kier alpha value is -3.14. The summed E-state index contributed by atoms with van der Waals surface area (Å²) in [5.74, 6) is -0.229. The fourth-order valence-electron chi connectivity index (χ4n) is 4.33. The molecule has 0 unspecified atom stereocenters. The van der Waals surface area contributed by atoms with Gasteiger partial charge in [-0.2, -0.15) is 0 Å². The van der Waals surface area contributed by atoms with Crippen LogP contribution in [0.2, 0.25) is 0 Å². The number of benzene rings is 2. The van der Waals surface area contributed by atoms with Gasteiger partial charge < -0.3 is 10.6 Å². The summed E-state index contributed by atoms with van der Waals surface area (Å²) in [7, 11) is 0. The van der Waals surface area contributed by atoms with Gasteiger partial charge in [0.25, 0.3) is 0 Å². The van der Waals surface area contributed by atoms with Crippen molar-refractivity contribution in [1.82, 2.24) is 10.6 Å². The van der Waals surface area contributed by atoms with Crippen LogP contribution in [0.25, 0.3) is 11.1 Å². The van der Waals surface area contributed by atoms with Gasteiger partial charge in [0.2, 0.25) is 11.6 Å². The van der Waals surface area contributed by atoms with Crippen LogP contribution in [0.4, 0.5) is 0 Å². The van der Waals surface area contributed by atoms with Gasteiger partial charge in [-0.3, -0.25) is 9.59 Å². The first-order valence-electron chi connectivity index (χ1n) is 12.9. The van der Waals surface area contributed by atoms with E-state index in [9.17, 15) is 9.59 Å². The van der Waals surface area contributed by atoms with Crippen LogP contribution in [-0.4, -0.2) is 24.7 Å². The van der Waals surface area contributed by atoms with Crippen LogP contribution in [0, 0.1) is 0 Å². The SMILES string of the molecule is CCCCCCNC1=C(c2ccccc2)C(=O)C(NCCCCCC)=C(c2ccccc2)C1=O. The maximum absolute atomic E-state index is 14.0. The van der Waals surface area contributed by atoms with E-state index >= 15 is 0 Å². The Kier molecular flexibility index (Phi) is 10.1. The van der Waals surface area contributed by atoms with Gasteiger partial charge in [0.15, 0.2) is 0 Å². The molecule has 180 valence electrons. The summed E-state index contributed by atoms with van der Waals surface area (Å²) in [5, 5.41) is 6.72. The van der Waals surface area contributed by atoms with Gasteiger partial charge in [0, 0.05) is 13.1 Å². The van der Waals surface area contributed by atoms with Gasteiger partial charge in [-0.15, -0.1) is 0 Å². The number of carbonyl (C=O) groups is 2. The zero-order chi connectivity index (χ0) is 24.2. The molecular weight excluding hydrogens is 420 g/mol. The molecule has 0 atom stereocenters. The number of Topliss-reactive ketones (excluding diaryl/α,β-unsaturated/α-hetero) is 2. The molecule has 0 radical (unpaired) electrons. The number of unbranched alkanes of at least 4 members (excludes halogenated alkanes) is 6. The third-order valence-corrected chi connectivity index (χ3v) is 6.20.